The maximum atomic E-state index is 15.0. The molecule has 2 aromatic carbocycles. The molecule has 6 rings (SSSR count). The number of amides is 3. The number of nitrogens with zero attached hydrogens (tertiary/aromatic N) is 6. The van der Waals surface area contributed by atoms with Crippen molar-refractivity contribution < 1.29 is 14.3 Å². The van der Waals surface area contributed by atoms with Gasteiger partial charge in [-0.3, -0.25) is 24.6 Å². The average Bonchev–Trinajstić information content (AvgIpc) is 3.04. The van der Waals surface area contributed by atoms with Gasteiger partial charge in [0.1, 0.15) is 11.6 Å². The molecule has 0 spiro atoms. The number of carbonyl (C=O) groups is 2. The van der Waals surface area contributed by atoms with Gasteiger partial charge in [-0.25, -0.2) is 4.79 Å². The molecule has 2 atom stereocenters. The molecule has 0 unspecified atom stereocenters. The summed E-state index contributed by atoms with van der Waals surface area (Å²) in [4.78, 5) is 45.8. The number of aliphatic imine (C=N–C) groups is 1. The van der Waals surface area contributed by atoms with Crippen LogP contribution in [0, 0.1) is 0 Å². The fourth-order valence-electron chi connectivity index (χ4n) is 6.76. The maximum absolute atomic E-state index is 15.0. The molecule has 0 saturated carbocycles. The molecule has 2 fully saturated rings. The highest BCUT2D eigenvalue weighted by Crippen LogP contribution is 2.46. The van der Waals surface area contributed by atoms with E-state index in [4.69, 9.17) is 37.9 Å². The number of rotatable bonds is 7. The largest absolute Gasteiger partial charge is 0.493 e. The number of amidine groups is 1. The SMILES string of the molecule is CCOc1cc(C(C)(C)C)ncc1C1=N[C@H](c2ccc(Cl)cc2)C[C@@](C)(c2ccc(Cl)cc2)N1C(=O)N1CCN(CC(=O)N2CCC2)CC1. The lowest BCUT2D eigenvalue weighted by atomic mass is 9.80. The summed E-state index contributed by atoms with van der Waals surface area (Å²) in [5.41, 5.74) is 2.42. The number of urea groups is 1. The van der Waals surface area contributed by atoms with Crippen LogP contribution in [0.5, 0.6) is 5.75 Å². The summed E-state index contributed by atoms with van der Waals surface area (Å²) in [5.74, 6) is 1.29. The van der Waals surface area contributed by atoms with Crippen LogP contribution >= 0.6 is 23.2 Å². The molecule has 4 heterocycles. The van der Waals surface area contributed by atoms with Gasteiger partial charge < -0.3 is 14.5 Å². The summed E-state index contributed by atoms with van der Waals surface area (Å²) >= 11 is 12.7. The molecule has 11 heteroatoms. The van der Waals surface area contributed by atoms with E-state index in [1.165, 1.54) is 0 Å². The van der Waals surface area contributed by atoms with Crippen molar-refractivity contribution in [3.63, 3.8) is 0 Å². The monoisotopic (exact) mass is 704 g/mol. The van der Waals surface area contributed by atoms with Crippen LogP contribution in [-0.4, -0.2) is 94.8 Å². The van der Waals surface area contributed by atoms with Gasteiger partial charge in [-0.05, 0) is 55.7 Å². The number of hydrogen-bond donors (Lipinski definition) is 0. The van der Waals surface area contributed by atoms with Crippen LogP contribution in [0.25, 0.3) is 0 Å². The molecule has 0 radical (unpaired) electrons. The minimum Gasteiger partial charge on any atom is -0.493 e. The Kier molecular flexibility index (Phi) is 10.3. The zero-order valence-corrected chi connectivity index (χ0v) is 30.6. The number of benzene rings is 2. The van der Waals surface area contributed by atoms with E-state index in [-0.39, 0.29) is 23.4 Å². The molecule has 3 aromatic rings. The third-order valence-corrected chi connectivity index (χ3v) is 10.4. The van der Waals surface area contributed by atoms with Gasteiger partial charge in [0.2, 0.25) is 5.91 Å². The van der Waals surface area contributed by atoms with Crippen molar-refractivity contribution in [3.05, 3.63) is 93.2 Å². The second kappa shape index (κ2) is 14.3. The smallest absolute Gasteiger partial charge is 0.326 e. The van der Waals surface area contributed by atoms with Crippen molar-refractivity contribution in [3.8, 4) is 5.75 Å². The quantitative estimate of drug-likeness (QED) is 0.261. The van der Waals surface area contributed by atoms with E-state index in [2.05, 4.69) is 32.6 Å². The molecular formula is C38H46Cl2N6O3. The normalized spacial score (nSPS) is 21.7. The van der Waals surface area contributed by atoms with Gasteiger partial charge in [-0.1, -0.05) is 68.2 Å². The van der Waals surface area contributed by atoms with Crippen molar-refractivity contribution in [2.45, 2.75) is 64.5 Å². The van der Waals surface area contributed by atoms with Gasteiger partial charge in [-0.15, -0.1) is 0 Å². The molecule has 3 amide bonds. The second-order valence-corrected chi connectivity index (χ2v) is 15.2. The molecule has 0 aliphatic carbocycles. The number of halogens is 2. The molecule has 49 heavy (non-hydrogen) atoms. The number of piperazine rings is 1. The number of likely N-dealkylation sites (tertiary alicyclic amines) is 1. The number of pyridine rings is 1. The van der Waals surface area contributed by atoms with Crippen LogP contribution in [0.2, 0.25) is 10.0 Å². The number of carbonyl (C=O) groups excluding carboxylic acids is 2. The predicted molar refractivity (Wildman–Crippen MR) is 195 cm³/mol. The van der Waals surface area contributed by atoms with E-state index in [0.717, 1.165) is 36.3 Å². The van der Waals surface area contributed by atoms with E-state index in [1.807, 2.05) is 76.2 Å². The fraction of sp³-hybridized carbons (Fsp3) is 0.474. The van der Waals surface area contributed by atoms with Crippen molar-refractivity contribution in [1.29, 1.82) is 0 Å². The van der Waals surface area contributed by atoms with Crippen LogP contribution in [0.3, 0.4) is 0 Å². The van der Waals surface area contributed by atoms with Gasteiger partial charge in [0, 0.05) is 79.1 Å². The summed E-state index contributed by atoms with van der Waals surface area (Å²) < 4.78 is 6.28. The third kappa shape index (κ3) is 7.44. The number of hydrogen-bond acceptors (Lipinski definition) is 6. The van der Waals surface area contributed by atoms with Crippen molar-refractivity contribution >= 4 is 41.0 Å². The van der Waals surface area contributed by atoms with Gasteiger partial charge in [0.25, 0.3) is 0 Å². The standard InChI is InChI=1S/C38H46Cl2N6O3/c1-6-49-32-22-33(37(2,3)4)41-24-30(32)35-42-31(26-8-12-28(39)13-9-26)23-38(5,27-10-14-29(40)15-11-27)46(35)36(48)45-20-18-43(19-21-45)25-34(47)44-16-7-17-44/h8-15,22,24,31H,6-7,16-21,23,25H2,1-5H3/t31-,38-/m0/s1. The summed E-state index contributed by atoms with van der Waals surface area (Å²) in [6, 6.07) is 17.0. The summed E-state index contributed by atoms with van der Waals surface area (Å²) in [7, 11) is 0. The van der Waals surface area contributed by atoms with Crippen LogP contribution in [0.1, 0.15) is 75.9 Å². The Morgan fingerprint density at radius 3 is 2.12 bits per heavy atom. The molecule has 0 bridgehead atoms. The molecule has 9 nitrogen and oxygen atoms in total. The van der Waals surface area contributed by atoms with E-state index in [0.29, 0.717) is 72.9 Å². The van der Waals surface area contributed by atoms with Crippen LogP contribution in [0.15, 0.2) is 65.8 Å². The Labute approximate surface area is 299 Å². The minimum absolute atomic E-state index is 0.151. The van der Waals surface area contributed by atoms with Crippen LogP contribution in [0.4, 0.5) is 4.79 Å². The zero-order valence-electron chi connectivity index (χ0n) is 29.1. The zero-order chi connectivity index (χ0) is 34.9. The molecule has 3 aliphatic heterocycles. The summed E-state index contributed by atoms with van der Waals surface area (Å²) in [6.07, 6.45) is 3.39. The van der Waals surface area contributed by atoms with Gasteiger partial charge >= 0.3 is 6.03 Å². The summed E-state index contributed by atoms with van der Waals surface area (Å²) in [5, 5.41) is 1.26. The lowest BCUT2D eigenvalue weighted by Crippen LogP contribution is -2.61. The molecule has 0 N–H and O–H groups in total. The first kappa shape index (κ1) is 35.2. The predicted octanol–water partition coefficient (Wildman–Crippen LogP) is 7.16. The Balaban J connectivity index is 1.44. The second-order valence-electron chi connectivity index (χ2n) is 14.4. The molecule has 1 aromatic heterocycles. The first-order valence-corrected chi connectivity index (χ1v) is 18.0. The van der Waals surface area contributed by atoms with Crippen molar-refractivity contribution in [2.75, 3.05) is 52.4 Å². The first-order valence-electron chi connectivity index (χ1n) is 17.2. The van der Waals surface area contributed by atoms with Crippen LogP contribution in [-0.2, 0) is 15.7 Å². The van der Waals surface area contributed by atoms with E-state index in [9.17, 15) is 4.79 Å². The molecule has 3 aliphatic rings. The lowest BCUT2D eigenvalue weighted by molar-refractivity contribution is -0.136. The van der Waals surface area contributed by atoms with E-state index >= 15 is 4.79 Å². The average molecular weight is 706 g/mol. The lowest BCUT2D eigenvalue weighted by Gasteiger charge is -2.49. The summed E-state index contributed by atoms with van der Waals surface area (Å²) in [6.45, 7) is 15.1. The highest BCUT2D eigenvalue weighted by Gasteiger charge is 2.48. The Morgan fingerprint density at radius 1 is 0.918 bits per heavy atom. The van der Waals surface area contributed by atoms with Crippen molar-refractivity contribution in [1.82, 2.24) is 24.6 Å². The highest BCUT2D eigenvalue weighted by atomic mass is 35.5. The first-order chi connectivity index (χ1) is 23.4. The van der Waals surface area contributed by atoms with Crippen molar-refractivity contribution in [2.24, 2.45) is 4.99 Å². The van der Waals surface area contributed by atoms with E-state index in [1.54, 1.807) is 6.20 Å². The Morgan fingerprint density at radius 2 is 1.55 bits per heavy atom. The number of ether oxygens (including phenoxy) is 1. The molecule has 260 valence electrons. The maximum Gasteiger partial charge on any atom is 0.326 e. The Hall–Kier alpha value is -3.66. The highest BCUT2D eigenvalue weighted by molar-refractivity contribution is 6.30. The number of aromatic nitrogens is 1. The fourth-order valence-corrected chi connectivity index (χ4v) is 7.01. The third-order valence-electron chi connectivity index (χ3n) is 9.87. The van der Waals surface area contributed by atoms with Crippen LogP contribution < -0.4 is 4.74 Å². The molecule has 2 saturated heterocycles. The van der Waals surface area contributed by atoms with Gasteiger partial charge in [0.15, 0.2) is 0 Å². The Bertz CT molecular complexity index is 1700. The topological polar surface area (TPSA) is 81.6 Å². The van der Waals surface area contributed by atoms with E-state index < -0.39 is 5.54 Å². The minimum atomic E-state index is -0.833. The van der Waals surface area contributed by atoms with Gasteiger partial charge in [-0.2, -0.15) is 0 Å². The molecular weight excluding hydrogens is 659 g/mol. The van der Waals surface area contributed by atoms with Gasteiger partial charge in [0.05, 0.1) is 30.3 Å².